The molecule has 0 bridgehead atoms. The monoisotopic (exact) mass is 338 g/mol. The second-order valence-electron chi connectivity index (χ2n) is 5.78. The second-order valence-corrected chi connectivity index (χ2v) is 5.78. The van der Waals surface area contributed by atoms with Crippen molar-refractivity contribution in [2.24, 2.45) is 0 Å². The van der Waals surface area contributed by atoms with Crippen molar-refractivity contribution >= 4 is 16.8 Å². The molecular weight excluding hydrogens is 316 g/mol. The standard InChI is InChI=1S/C20H22N2O3/c1-24-18-8-7-15(13-19(18)25-2)14-20(23)21-10-12-22-11-9-16-5-3-4-6-17(16)22/h3-9,11,13H,10,12,14H2,1-2H3,(H,21,23). The number of ether oxygens (including phenoxy) is 2. The zero-order chi connectivity index (χ0) is 17.6. The lowest BCUT2D eigenvalue weighted by Crippen LogP contribution is -2.28. The van der Waals surface area contributed by atoms with Crippen molar-refractivity contribution in [1.82, 2.24) is 9.88 Å². The number of carbonyl (C=O) groups is 1. The van der Waals surface area contributed by atoms with Gasteiger partial charge >= 0.3 is 0 Å². The van der Waals surface area contributed by atoms with Crippen LogP contribution in [0.4, 0.5) is 0 Å². The molecule has 2 aromatic carbocycles. The molecule has 25 heavy (non-hydrogen) atoms. The van der Waals surface area contributed by atoms with Gasteiger partial charge in [-0.05, 0) is 35.2 Å². The van der Waals surface area contributed by atoms with Crippen LogP contribution < -0.4 is 14.8 Å². The van der Waals surface area contributed by atoms with Gasteiger partial charge in [0.1, 0.15) is 0 Å². The van der Waals surface area contributed by atoms with E-state index in [4.69, 9.17) is 9.47 Å². The quantitative estimate of drug-likeness (QED) is 0.720. The maximum absolute atomic E-state index is 12.2. The molecule has 0 atom stereocenters. The fraction of sp³-hybridized carbons (Fsp3) is 0.250. The van der Waals surface area contributed by atoms with Gasteiger partial charge in [0.15, 0.2) is 11.5 Å². The van der Waals surface area contributed by atoms with Gasteiger partial charge in [0.25, 0.3) is 0 Å². The smallest absolute Gasteiger partial charge is 0.224 e. The van der Waals surface area contributed by atoms with E-state index in [9.17, 15) is 4.79 Å². The molecule has 0 aliphatic carbocycles. The van der Waals surface area contributed by atoms with Crippen molar-refractivity contribution in [3.8, 4) is 11.5 Å². The Morgan fingerprint density at radius 3 is 2.64 bits per heavy atom. The summed E-state index contributed by atoms with van der Waals surface area (Å²) in [4.78, 5) is 12.2. The van der Waals surface area contributed by atoms with Gasteiger partial charge in [0, 0.05) is 24.8 Å². The van der Waals surface area contributed by atoms with Gasteiger partial charge in [-0.1, -0.05) is 24.3 Å². The van der Waals surface area contributed by atoms with Crippen LogP contribution in [0.5, 0.6) is 11.5 Å². The summed E-state index contributed by atoms with van der Waals surface area (Å²) in [6.45, 7) is 1.33. The van der Waals surface area contributed by atoms with Crippen LogP contribution in [-0.2, 0) is 17.8 Å². The minimum atomic E-state index is -0.0105. The molecule has 5 nitrogen and oxygen atoms in total. The van der Waals surface area contributed by atoms with E-state index in [-0.39, 0.29) is 5.91 Å². The summed E-state index contributed by atoms with van der Waals surface area (Å²) < 4.78 is 12.6. The van der Waals surface area contributed by atoms with E-state index in [2.05, 4.69) is 28.1 Å². The Labute approximate surface area is 147 Å². The number of hydrogen-bond donors (Lipinski definition) is 1. The molecule has 1 N–H and O–H groups in total. The molecule has 1 amide bonds. The van der Waals surface area contributed by atoms with E-state index in [0.717, 1.165) is 12.1 Å². The fourth-order valence-electron chi connectivity index (χ4n) is 2.89. The van der Waals surface area contributed by atoms with Crippen LogP contribution in [0.15, 0.2) is 54.7 Å². The summed E-state index contributed by atoms with van der Waals surface area (Å²) in [6, 6.07) is 15.8. The number of nitrogens with zero attached hydrogens (tertiary/aromatic N) is 1. The summed E-state index contributed by atoms with van der Waals surface area (Å²) in [6.07, 6.45) is 2.36. The maximum Gasteiger partial charge on any atom is 0.224 e. The van der Waals surface area contributed by atoms with Crippen molar-refractivity contribution in [2.75, 3.05) is 20.8 Å². The zero-order valence-corrected chi connectivity index (χ0v) is 14.5. The first-order chi connectivity index (χ1) is 12.2. The van der Waals surface area contributed by atoms with E-state index in [0.29, 0.717) is 24.5 Å². The highest BCUT2D eigenvalue weighted by molar-refractivity contribution is 5.80. The molecule has 0 radical (unpaired) electrons. The molecule has 130 valence electrons. The Balaban J connectivity index is 1.54. The molecule has 0 spiro atoms. The molecule has 0 fully saturated rings. The van der Waals surface area contributed by atoms with Crippen LogP contribution in [0.2, 0.25) is 0 Å². The predicted octanol–water partition coefficient (Wildman–Crippen LogP) is 3.02. The van der Waals surface area contributed by atoms with Gasteiger partial charge in [0.05, 0.1) is 20.6 Å². The van der Waals surface area contributed by atoms with Crippen molar-refractivity contribution in [1.29, 1.82) is 0 Å². The summed E-state index contributed by atoms with van der Waals surface area (Å²) in [5.74, 6) is 1.28. The first-order valence-corrected chi connectivity index (χ1v) is 8.22. The highest BCUT2D eigenvalue weighted by Gasteiger charge is 2.08. The number of amides is 1. The normalized spacial score (nSPS) is 10.6. The van der Waals surface area contributed by atoms with Crippen LogP contribution in [0.3, 0.4) is 0 Å². The number of hydrogen-bond acceptors (Lipinski definition) is 3. The number of para-hydroxylation sites is 1. The summed E-state index contributed by atoms with van der Waals surface area (Å²) in [5.41, 5.74) is 2.07. The van der Waals surface area contributed by atoms with Crippen LogP contribution >= 0.6 is 0 Å². The van der Waals surface area contributed by atoms with E-state index >= 15 is 0 Å². The number of fused-ring (bicyclic) bond motifs is 1. The summed E-state index contributed by atoms with van der Waals surface area (Å²) >= 11 is 0. The predicted molar refractivity (Wildman–Crippen MR) is 98.2 cm³/mol. The van der Waals surface area contributed by atoms with Crippen LogP contribution in [0, 0.1) is 0 Å². The number of aromatic nitrogens is 1. The molecule has 1 aromatic heterocycles. The molecule has 0 unspecified atom stereocenters. The van der Waals surface area contributed by atoms with Gasteiger partial charge in [-0.25, -0.2) is 0 Å². The van der Waals surface area contributed by atoms with Crippen LogP contribution in [0.1, 0.15) is 5.56 Å². The van der Waals surface area contributed by atoms with E-state index in [1.54, 1.807) is 14.2 Å². The topological polar surface area (TPSA) is 52.5 Å². The largest absolute Gasteiger partial charge is 0.493 e. The summed E-state index contributed by atoms with van der Waals surface area (Å²) in [5, 5.41) is 4.18. The van der Waals surface area contributed by atoms with Gasteiger partial charge in [-0.15, -0.1) is 0 Å². The first-order valence-electron chi connectivity index (χ1n) is 8.22. The molecule has 3 rings (SSSR count). The lowest BCUT2D eigenvalue weighted by atomic mass is 10.1. The third-order valence-corrected chi connectivity index (χ3v) is 4.17. The van der Waals surface area contributed by atoms with E-state index in [1.165, 1.54) is 10.9 Å². The third-order valence-electron chi connectivity index (χ3n) is 4.17. The molecule has 1 heterocycles. The first kappa shape index (κ1) is 16.9. The third kappa shape index (κ3) is 3.94. The summed E-state index contributed by atoms with van der Waals surface area (Å²) in [7, 11) is 3.18. The van der Waals surface area contributed by atoms with Gasteiger partial charge < -0.3 is 19.4 Å². The zero-order valence-electron chi connectivity index (χ0n) is 14.5. The lowest BCUT2D eigenvalue weighted by Gasteiger charge is -2.10. The Morgan fingerprint density at radius 2 is 1.84 bits per heavy atom. The number of benzene rings is 2. The van der Waals surface area contributed by atoms with Crippen LogP contribution in [0.25, 0.3) is 10.9 Å². The highest BCUT2D eigenvalue weighted by Crippen LogP contribution is 2.27. The Hall–Kier alpha value is -2.95. The molecular formula is C20H22N2O3. The van der Waals surface area contributed by atoms with Gasteiger partial charge in [-0.2, -0.15) is 0 Å². The van der Waals surface area contributed by atoms with Crippen molar-refractivity contribution in [3.05, 3.63) is 60.3 Å². The van der Waals surface area contributed by atoms with Crippen molar-refractivity contribution < 1.29 is 14.3 Å². The minimum absolute atomic E-state index is 0.0105. The molecule has 0 aliphatic heterocycles. The number of rotatable bonds is 7. The molecule has 0 saturated heterocycles. The Morgan fingerprint density at radius 1 is 1.04 bits per heavy atom. The lowest BCUT2D eigenvalue weighted by molar-refractivity contribution is -0.120. The molecule has 0 saturated carbocycles. The maximum atomic E-state index is 12.2. The average molecular weight is 338 g/mol. The number of methoxy groups -OCH3 is 2. The Kier molecular flexibility index (Phi) is 5.23. The highest BCUT2D eigenvalue weighted by atomic mass is 16.5. The van der Waals surface area contributed by atoms with Gasteiger partial charge in [0.2, 0.25) is 5.91 Å². The van der Waals surface area contributed by atoms with Crippen molar-refractivity contribution in [2.45, 2.75) is 13.0 Å². The van der Waals surface area contributed by atoms with Gasteiger partial charge in [-0.3, -0.25) is 4.79 Å². The average Bonchev–Trinajstić information content (AvgIpc) is 3.05. The van der Waals surface area contributed by atoms with E-state index in [1.807, 2.05) is 36.5 Å². The number of nitrogens with one attached hydrogen (secondary N) is 1. The molecule has 0 aliphatic rings. The molecule has 5 heteroatoms. The molecule has 3 aromatic rings. The fourth-order valence-corrected chi connectivity index (χ4v) is 2.89. The van der Waals surface area contributed by atoms with Crippen molar-refractivity contribution in [3.63, 3.8) is 0 Å². The second kappa shape index (κ2) is 7.75. The SMILES string of the molecule is COc1ccc(CC(=O)NCCn2ccc3ccccc32)cc1OC. The van der Waals surface area contributed by atoms with E-state index < -0.39 is 0 Å². The van der Waals surface area contributed by atoms with Crippen LogP contribution in [-0.4, -0.2) is 31.2 Å². The Bertz CT molecular complexity index is 870. The number of carbonyl (C=O) groups excluding carboxylic acids is 1. The minimum Gasteiger partial charge on any atom is -0.493 e.